The standard InChI is InChI=1S/C14H16N2O3S/c15-12-5-3-6-13(10-12)20(18,19)16-14-7-2-1-4-11(14)8-9-17/h1-7,10,16-17H,8-9,15H2. The zero-order valence-electron chi connectivity index (χ0n) is 10.8. The predicted octanol–water partition coefficient (Wildman–Crippen LogP) is 1.60. The molecule has 106 valence electrons. The van der Waals surface area contributed by atoms with Crippen LogP contribution in [0.3, 0.4) is 0 Å². The van der Waals surface area contributed by atoms with Crippen LogP contribution in [0.2, 0.25) is 0 Å². The molecule has 2 rings (SSSR count). The Morgan fingerprint density at radius 1 is 1.10 bits per heavy atom. The number of benzene rings is 2. The highest BCUT2D eigenvalue weighted by molar-refractivity contribution is 7.92. The van der Waals surface area contributed by atoms with Crippen LogP contribution in [-0.2, 0) is 16.4 Å². The highest BCUT2D eigenvalue weighted by Gasteiger charge is 2.15. The zero-order chi connectivity index (χ0) is 14.6. The molecule has 0 saturated carbocycles. The number of nitrogens with two attached hydrogens (primary N) is 1. The van der Waals surface area contributed by atoms with Crippen LogP contribution in [0.1, 0.15) is 5.56 Å². The summed E-state index contributed by atoms with van der Waals surface area (Å²) in [5, 5.41) is 9.00. The largest absolute Gasteiger partial charge is 0.399 e. The van der Waals surface area contributed by atoms with Gasteiger partial charge < -0.3 is 10.8 Å². The SMILES string of the molecule is Nc1cccc(S(=O)(=O)Nc2ccccc2CCO)c1. The van der Waals surface area contributed by atoms with Crippen LogP contribution in [0.4, 0.5) is 11.4 Å². The Bertz CT molecular complexity index is 699. The number of para-hydroxylation sites is 1. The highest BCUT2D eigenvalue weighted by Crippen LogP contribution is 2.21. The minimum atomic E-state index is -3.69. The maximum absolute atomic E-state index is 12.3. The molecular formula is C14H16N2O3S. The number of hydrogen-bond acceptors (Lipinski definition) is 4. The Morgan fingerprint density at radius 2 is 1.85 bits per heavy atom. The Labute approximate surface area is 118 Å². The highest BCUT2D eigenvalue weighted by atomic mass is 32.2. The molecule has 0 radical (unpaired) electrons. The van der Waals surface area contributed by atoms with Crippen LogP contribution in [0.25, 0.3) is 0 Å². The van der Waals surface area contributed by atoms with E-state index in [4.69, 9.17) is 10.8 Å². The van der Waals surface area contributed by atoms with Crippen molar-refractivity contribution in [2.45, 2.75) is 11.3 Å². The fourth-order valence-corrected chi connectivity index (χ4v) is 3.00. The summed E-state index contributed by atoms with van der Waals surface area (Å²) < 4.78 is 27.1. The third kappa shape index (κ3) is 3.28. The molecule has 0 aliphatic carbocycles. The van der Waals surface area contributed by atoms with Gasteiger partial charge in [0.1, 0.15) is 0 Å². The van der Waals surface area contributed by atoms with Crippen molar-refractivity contribution in [3.63, 3.8) is 0 Å². The average molecular weight is 292 g/mol. The summed E-state index contributed by atoms with van der Waals surface area (Å²) >= 11 is 0. The number of nitrogens with one attached hydrogen (secondary N) is 1. The summed E-state index contributed by atoms with van der Waals surface area (Å²) in [5.74, 6) is 0. The van der Waals surface area contributed by atoms with Gasteiger partial charge in [-0.2, -0.15) is 0 Å². The van der Waals surface area contributed by atoms with Gasteiger partial charge in [-0.05, 0) is 36.2 Å². The van der Waals surface area contributed by atoms with Crippen molar-refractivity contribution in [1.82, 2.24) is 0 Å². The third-order valence-electron chi connectivity index (χ3n) is 2.81. The van der Waals surface area contributed by atoms with Crippen molar-refractivity contribution >= 4 is 21.4 Å². The van der Waals surface area contributed by atoms with Crippen LogP contribution in [-0.4, -0.2) is 20.1 Å². The first-order valence-electron chi connectivity index (χ1n) is 6.10. The topological polar surface area (TPSA) is 92.4 Å². The van der Waals surface area contributed by atoms with Crippen LogP contribution < -0.4 is 10.5 Å². The molecule has 0 spiro atoms. The quantitative estimate of drug-likeness (QED) is 0.730. The first-order valence-corrected chi connectivity index (χ1v) is 7.58. The van der Waals surface area contributed by atoms with Crippen molar-refractivity contribution in [3.05, 3.63) is 54.1 Å². The van der Waals surface area contributed by atoms with Crippen LogP contribution >= 0.6 is 0 Å². The number of aliphatic hydroxyl groups is 1. The van der Waals surface area contributed by atoms with Crippen LogP contribution in [0.5, 0.6) is 0 Å². The van der Waals surface area contributed by atoms with Gasteiger partial charge in [0.05, 0.1) is 10.6 Å². The van der Waals surface area contributed by atoms with Crippen molar-refractivity contribution in [3.8, 4) is 0 Å². The van der Waals surface area contributed by atoms with Crippen molar-refractivity contribution in [2.24, 2.45) is 0 Å². The molecule has 0 heterocycles. The number of sulfonamides is 1. The van der Waals surface area contributed by atoms with E-state index in [0.29, 0.717) is 17.8 Å². The van der Waals surface area contributed by atoms with E-state index < -0.39 is 10.0 Å². The van der Waals surface area contributed by atoms with Crippen LogP contribution in [0, 0.1) is 0 Å². The minimum Gasteiger partial charge on any atom is -0.399 e. The van der Waals surface area contributed by atoms with Crippen molar-refractivity contribution in [2.75, 3.05) is 17.1 Å². The molecule has 2 aromatic rings. The summed E-state index contributed by atoms with van der Waals surface area (Å²) in [5.41, 5.74) is 7.19. The maximum Gasteiger partial charge on any atom is 0.261 e. The smallest absolute Gasteiger partial charge is 0.261 e. The molecule has 5 nitrogen and oxygen atoms in total. The summed E-state index contributed by atoms with van der Waals surface area (Å²) in [6.45, 7) is -0.0446. The lowest BCUT2D eigenvalue weighted by Gasteiger charge is -2.12. The Hall–Kier alpha value is -2.05. The fourth-order valence-electron chi connectivity index (χ4n) is 1.84. The zero-order valence-corrected chi connectivity index (χ0v) is 11.6. The molecule has 0 amide bonds. The van der Waals surface area contributed by atoms with Gasteiger partial charge in [-0.3, -0.25) is 4.72 Å². The Kier molecular flexibility index (Phi) is 4.26. The van der Waals surface area contributed by atoms with Gasteiger partial charge in [0.15, 0.2) is 0 Å². The van der Waals surface area contributed by atoms with Crippen molar-refractivity contribution in [1.29, 1.82) is 0 Å². The summed E-state index contributed by atoms with van der Waals surface area (Å²) in [6, 6.07) is 13.1. The molecule has 0 bridgehead atoms. The second-order valence-electron chi connectivity index (χ2n) is 4.31. The predicted molar refractivity (Wildman–Crippen MR) is 78.9 cm³/mol. The molecule has 0 atom stereocenters. The van der Waals surface area contributed by atoms with E-state index >= 15 is 0 Å². The molecule has 4 N–H and O–H groups in total. The van der Waals surface area contributed by atoms with Gasteiger partial charge >= 0.3 is 0 Å². The first-order chi connectivity index (χ1) is 9.53. The van der Waals surface area contributed by atoms with Crippen molar-refractivity contribution < 1.29 is 13.5 Å². The second-order valence-corrected chi connectivity index (χ2v) is 5.99. The van der Waals surface area contributed by atoms with Gasteiger partial charge in [-0.25, -0.2) is 8.42 Å². The lowest BCUT2D eigenvalue weighted by atomic mass is 10.1. The van der Waals surface area contributed by atoms with E-state index in [1.54, 1.807) is 36.4 Å². The van der Waals surface area contributed by atoms with E-state index in [1.807, 2.05) is 0 Å². The normalized spacial score (nSPS) is 11.2. The number of nitrogen functional groups attached to an aromatic ring is 1. The summed E-state index contributed by atoms with van der Waals surface area (Å²) in [7, 11) is -3.69. The first kappa shape index (κ1) is 14.4. The molecule has 0 aromatic heterocycles. The molecule has 0 fully saturated rings. The lowest BCUT2D eigenvalue weighted by molar-refractivity contribution is 0.300. The van der Waals surface area contributed by atoms with Gasteiger partial charge in [-0.1, -0.05) is 24.3 Å². The molecule has 20 heavy (non-hydrogen) atoms. The van der Waals surface area contributed by atoms with Gasteiger partial charge in [0, 0.05) is 12.3 Å². The monoisotopic (exact) mass is 292 g/mol. The molecule has 0 saturated heterocycles. The molecule has 6 heteroatoms. The van der Waals surface area contributed by atoms with E-state index in [-0.39, 0.29) is 11.5 Å². The van der Waals surface area contributed by atoms with Gasteiger partial charge in [0.2, 0.25) is 0 Å². The summed E-state index contributed by atoms with van der Waals surface area (Å²) in [4.78, 5) is 0.108. The molecule has 0 aliphatic heterocycles. The molecule has 0 aliphatic rings. The van der Waals surface area contributed by atoms with E-state index in [2.05, 4.69) is 4.72 Å². The number of rotatable bonds is 5. The maximum atomic E-state index is 12.3. The molecule has 2 aromatic carbocycles. The molecular weight excluding hydrogens is 276 g/mol. The second kappa shape index (κ2) is 5.94. The Morgan fingerprint density at radius 3 is 2.55 bits per heavy atom. The van der Waals surface area contributed by atoms with Crippen LogP contribution in [0.15, 0.2) is 53.4 Å². The number of hydrogen-bond donors (Lipinski definition) is 3. The van der Waals surface area contributed by atoms with Gasteiger partial charge in [0.25, 0.3) is 10.0 Å². The van der Waals surface area contributed by atoms with E-state index in [9.17, 15) is 8.42 Å². The van der Waals surface area contributed by atoms with Gasteiger partial charge in [-0.15, -0.1) is 0 Å². The number of anilines is 2. The minimum absolute atomic E-state index is 0.0446. The summed E-state index contributed by atoms with van der Waals surface area (Å²) in [6.07, 6.45) is 0.385. The van der Waals surface area contributed by atoms with E-state index in [0.717, 1.165) is 5.56 Å². The Balaban J connectivity index is 2.34. The average Bonchev–Trinajstić information content (AvgIpc) is 2.41. The molecule has 0 unspecified atom stereocenters. The van der Waals surface area contributed by atoms with E-state index in [1.165, 1.54) is 12.1 Å². The lowest BCUT2D eigenvalue weighted by Crippen LogP contribution is -2.14. The third-order valence-corrected chi connectivity index (χ3v) is 4.17. The number of aliphatic hydroxyl groups excluding tert-OH is 1. The fraction of sp³-hybridized carbons (Fsp3) is 0.143.